The third kappa shape index (κ3) is 2.29. The molecule has 0 aliphatic rings. The van der Waals surface area contributed by atoms with Gasteiger partial charge in [0.05, 0.1) is 0 Å². The van der Waals surface area contributed by atoms with Gasteiger partial charge in [-0.2, -0.15) is 8.78 Å². The quantitative estimate of drug-likeness (QED) is 0.612. The van der Waals surface area contributed by atoms with Crippen molar-refractivity contribution in [1.29, 1.82) is 0 Å². The van der Waals surface area contributed by atoms with Gasteiger partial charge >= 0.3 is 12.3 Å². The third-order valence-corrected chi connectivity index (χ3v) is 1.59. The van der Waals surface area contributed by atoms with Crippen LogP contribution >= 0.6 is 12.4 Å². The van der Waals surface area contributed by atoms with Gasteiger partial charge in [0, 0.05) is 11.3 Å². The molecule has 1 rings (SSSR count). The highest BCUT2D eigenvalue weighted by Crippen LogP contribution is 2.37. The molecule has 1 aromatic carbocycles. The zero-order chi connectivity index (χ0) is 10.1. The molecular formula is C8H8ClF4N. The summed E-state index contributed by atoms with van der Waals surface area (Å²) in [6.45, 7) is 0. The van der Waals surface area contributed by atoms with E-state index in [2.05, 4.69) is 0 Å². The molecule has 14 heavy (non-hydrogen) atoms. The number of nitrogens with two attached hydrogens (primary N) is 1. The molecule has 1 nitrogen and oxygen atoms in total. The first-order chi connectivity index (χ1) is 5.96. The van der Waals surface area contributed by atoms with Crippen LogP contribution < -0.4 is 5.73 Å². The highest BCUT2D eigenvalue weighted by atomic mass is 35.5. The number of anilines is 1. The molecule has 0 atom stereocenters. The van der Waals surface area contributed by atoms with Gasteiger partial charge in [-0.15, -0.1) is 12.4 Å². The monoisotopic (exact) mass is 229 g/mol. The van der Waals surface area contributed by atoms with Crippen molar-refractivity contribution in [3.8, 4) is 0 Å². The number of hydrogen-bond donors (Lipinski definition) is 1. The maximum Gasteiger partial charge on any atom is 0.334 e. The van der Waals surface area contributed by atoms with E-state index in [1.807, 2.05) is 0 Å². The first-order valence-corrected chi connectivity index (χ1v) is 3.47. The Bertz CT molecular complexity index is 303. The second-order valence-electron chi connectivity index (χ2n) is 2.51. The lowest BCUT2D eigenvalue weighted by atomic mass is 10.1. The maximum atomic E-state index is 12.7. The standard InChI is InChI=1S/C8H7F4N.ClH/c9-7(10)8(11,12)5-3-1-2-4-6(5)13;/h1-4,7H,13H2;1H. The van der Waals surface area contributed by atoms with E-state index >= 15 is 0 Å². The molecule has 0 spiro atoms. The predicted molar refractivity (Wildman–Crippen MR) is 48.0 cm³/mol. The fourth-order valence-electron chi connectivity index (χ4n) is 0.918. The van der Waals surface area contributed by atoms with E-state index in [1.165, 1.54) is 12.1 Å². The first-order valence-electron chi connectivity index (χ1n) is 3.47. The molecule has 0 heterocycles. The zero-order valence-electron chi connectivity index (χ0n) is 6.88. The van der Waals surface area contributed by atoms with Crippen LogP contribution in [0.25, 0.3) is 0 Å². The van der Waals surface area contributed by atoms with E-state index in [-0.39, 0.29) is 18.1 Å². The summed E-state index contributed by atoms with van der Waals surface area (Å²) in [6.07, 6.45) is -3.74. The molecule has 0 aliphatic heterocycles. The lowest BCUT2D eigenvalue weighted by Crippen LogP contribution is -2.24. The van der Waals surface area contributed by atoms with Crippen molar-refractivity contribution in [1.82, 2.24) is 0 Å². The van der Waals surface area contributed by atoms with Crippen LogP contribution in [0.5, 0.6) is 0 Å². The number of hydrogen-bond acceptors (Lipinski definition) is 1. The van der Waals surface area contributed by atoms with E-state index in [0.717, 1.165) is 12.1 Å². The molecule has 0 saturated heterocycles. The van der Waals surface area contributed by atoms with E-state index in [0.29, 0.717) is 0 Å². The van der Waals surface area contributed by atoms with Crippen LogP contribution in [0.2, 0.25) is 0 Å². The Balaban J connectivity index is 0.00000169. The van der Waals surface area contributed by atoms with Crippen LogP contribution in [0, 0.1) is 0 Å². The molecular weight excluding hydrogens is 222 g/mol. The summed E-state index contributed by atoms with van der Waals surface area (Å²) >= 11 is 0. The third-order valence-electron chi connectivity index (χ3n) is 1.59. The molecule has 0 aromatic heterocycles. The van der Waals surface area contributed by atoms with Crippen LogP contribution in [0.1, 0.15) is 5.56 Å². The topological polar surface area (TPSA) is 26.0 Å². The summed E-state index contributed by atoms with van der Waals surface area (Å²) in [5.74, 6) is -4.18. The van der Waals surface area contributed by atoms with Crippen molar-refractivity contribution in [2.45, 2.75) is 12.3 Å². The van der Waals surface area contributed by atoms with Crippen molar-refractivity contribution in [3.63, 3.8) is 0 Å². The van der Waals surface area contributed by atoms with E-state index < -0.39 is 17.9 Å². The first kappa shape index (κ1) is 13.0. The number of para-hydroxylation sites is 1. The fraction of sp³-hybridized carbons (Fsp3) is 0.250. The van der Waals surface area contributed by atoms with Crippen molar-refractivity contribution in [3.05, 3.63) is 29.8 Å². The number of halogens is 5. The minimum Gasteiger partial charge on any atom is -0.398 e. The smallest absolute Gasteiger partial charge is 0.334 e. The van der Waals surface area contributed by atoms with Gasteiger partial charge in [-0.1, -0.05) is 18.2 Å². The molecule has 0 saturated carbocycles. The van der Waals surface area contributed by atoms with Crippen LogP contribution in [-0.2, 0) is 5.92 Å². The van der Waals surface area contributed by atoms with Crippen molar-refractivity contribution < 1.29 is 17.6 Å². The van der Waals surface area contributed by atoms with Gasteiger partial charge in [0.15, 0.2) is 0 Å². The van der Waals surface area contributed by atoms with Gasteiger partial charge in [0.25, 0.3) is 0 Å². The second-order valence-corrected chi connectivity index (χ2v) is 2.51. The normalized spacial score (nSPS) is 11.2. The largest absolute Gasteiger partial charge is 0.398 e. The van der Waals surface area contributed by atoms with Gasteiger partial charge in [0.2, 0.25) is 0 Å². The average molecular weight is 230 g/mol. The Morgan fingerprint density at radius 3 is 2.07 bits per heavy atom. The lowest BCUT2D eigenvalue weighted by Gasteiger charge is -2.16. The SMILES string of the molecule is Cl.Nc1ccccc1C(F)(F)C(F)F. The van der Waals surface area contributed by atoms with Gasteiger partial charge in [-0.3, -0.25) is 0 Å². The Morgan fingerprint density at radius 1 is 1.14 bits per heavy atom. The number of nitrogen functional groups attached to an aromatic ring is 1. The van der Waals surface area contributed by atoms with E-state index in [4.69, 9.17) is 5.73 Å². The fourth-order valence-corrected chi connectivity index (χ4v) is 0.918. The Hall–Kier alpha value is -0.970. The molecule has 0 radical (unpaired) electrons. The molecule has 0 bridgehead atoms. The van der Waals surface area contributed by atoms with Crippen molar-refractivity contribution in [2.75, 3.05) is 5.73 Å². The van der Waals surface area contributed by atoms with E-state index in [1.54, 1.807) is 0 Å². The molecule has 1 aromatic rings. The Kier molecular flexibility index (Phi) is 4.19. The zero-order valence-corrected chi connectivity index (χ0v) is 7.70. The molecule has 80 valence electrons. The van der Waals surface area contributed by atoms with E-state index in [9.17, 15) is 17.6 Å². The summed E-state index contributed by atoms with van der Waals surface area (Å²) in [5, 5.41) is 0. The molecule has 0 amide bonds. The van der Waals surface area contributed by atoms with Crippen molar-refractivity contribution in [2.24, 2.45) is 0 Å². The van der Waals surface area contributed by atoms with Gasteiger partial charge in [0.1, 0.15) is 0 Å². The van der Waals surface area contributed by atoms with Gasteiger partial charge in [-0.25, -0.2) is 8.78 Å². The van der Waals surface area contributed by atoms with Crippen LogP contribution in [-0.4, -0.2) is 6.43 Å². The van der Waals surface area contributed by atoms with Crippen LogP contribution in [0.15, 0.2) is 24.3 Å². The molecule has 0 aliphatic carbocycles. The number of benzene rings is 1. The minimum atomic E-state index is -4.18. The maximum absolute atomic E-state index is 12.7. The summed E-state index contributed by atoms with van der Waals surface area (Å²) in [5.41, 5.74) is 3.98. The predicted octanol–water partition coefficient (Wildman–Crippen LogP) is 3.05. The minimum absolute atomic E-state index is 0. The summed E-state index contributed by atoms with van der Waals surface area (Å²) < 4.78 is 49.2. The summed E-state index contributed by atoms with van der Waals surface area (Å²) in [4.78, 5) is 0. The van der Waals surface area contributed by atoms with Crippen molar-refractivity contribution >= 4 is 18.1 Å². The lowest BCUT2D eigenvalue weighted by molar-refractivity contribution is -0.134. The Morgan fingerprint density at radius 2 is 1.64 bits per heavy atom. The van der Waals surface area contributed by atoms with Crippen LogP contribution in [0.3, 0.4) is 0 Å². The second kappa shape index (κ2) is 4.50. The molecule has 2 N–H and O–H groups in total. The Labute approximate surface area is 84.3 Å². The molecule has 0 unspecified atom stereocenters. The summed E-state index contributed by atoms with van der Waals surface area (Å²) in [7, 11) is 0. The highest BCUT2D eigenvalue weighted by molar-refractivity contribution is 5.85. The average Bonchev–Trinajstić information content (AvgIpc) is 2.04. The molecule has 6 heteroatoms. The van der Waals surface area contributed by atoms with Gasteiger partial charge < -0.3 is 5.73 Å². The van der Waals surface area contributed by atoms with Crippen LogP contribution in [0.4, 0.5) is 23.2 Å². The highest BCUT2D eigenvalue weighted by Gasteiger charge is 2.43. The number of alkyl halides is 4. The molecule has 0 fully saturated rings. The number of rotatable bonds is 2. The van der Waals surface area contributed by atoms with Gasteiger partial charge in [-0.05, 0) is 6.07 Å². The summed E-state index contributed by atoms with van der Waals surface area (Å²) in [6, 6.07) is 4.69.